The minimum Gasteiger partial charge on any atom is -0.376 e. The molecule has 0 radical (unpaired) electrons. The fraction of sp³-hybridized carbons (Fsp3) is 0.222. The second-order valence-corrected chi connectivity index (χ2v) is 6.73. The first-order valence-electron chi connectivity index (χ1n) is 7.31. The van der Waals surface area contributed by atoms with E-state index in [1.165, 1.54) is 6.07 Å². The number of allylic oxidation sites excluding steroid dienone is 2. The maximum absolute atomic E-state index is 13.6. The van der Waals surface area contributed by atoms with Crippen molar-refractivity contribution in [3.05, 3.63) is 75.5 Å². The third-order valence-electron chi connectivity index (χ3n) is 4.59. The van der Waals surface area contributed by atoms with Crippen LogP contribution in [0.1, 0.15) is 29.5 Å². The molecular weight excluding hydrogens is 320 g/mol. The van der Waals surface area contributed by atoms with E-state index >= 15 is 0 Å². The van der Waals surface area contributed by atoms with Crippen molar-refractivity contribution in [3.8, 4) is 0 Å². The highest BCUT2D eigenvalue weighted by Crippen LogP contribution is 2.52. The summed E-state index contributed by atoms with van der Waals surface area (Å²) in [4.78, 5) is 0. The van der Waals surface area contributed by atoms with Crippen molar-refractivity contribution < 1.29 is 4.39 Å². The Morgan fingerprint density at radius 2 is 2.00 bits per heavy atom. The van der Waals surface area contributed by atoms with Gasteiger partial charge in [0.05, 0.1) is 16.8 Å². The maximum atomic E-state index is 13.6. The lowest BCUT2D eigenvalue weighted by molar-refractivity contribution is 0.424. The molecule has 1 nitrogen and oxygen atoms in total. The molecule has 1 heterocycles. The number of nitrogens with one attached hydrogen (secondary N) is 1. The van der Waals surface area contributed by atoms with Crippen LogP contribution >= 0.6 is 23.2 Å². The third-order valence-corrected chi connectivity index (χ3v) is 5.11. The fourth-order valence-electron chi connectivity index (χ4n) is 3.65. The quantitative estimate of drug-likeness (QED) is 0.635. The van der Waals surface area contributed by atoms with Gasteiger partial charge in [-0.25, -0.2) is 4.39 Å². The van der Waals surface area contributed by atoms with Crippen LogP contribution in [-0.4, -0.2) is 0 Å². The molecule has 2 aliphatic rings. The largest absolute Gasteiger partial charge is 0.376 e. The van der Waals surface area contributed by atoms with Crippen molar-refractivity contribution in [1.82, 2.24) is 0 Å². The highest BCUT2D eigenvalue weighted by molar-refractivity contribution is 6.36. The summed E-state index contributed by atoms with van der Waals surface area (Å²) >= 11 is 12.5. The molecular formula is C18H14Cl2FN. The van der Waals surface area contributed by atoms with E-state index in [0.29, 0.717) is 16.0 Å². The first kappa shape index (κ1) is 14.1. The van der Waals surface area contributed by atoms with Crippen molar-refractivity contribution in [2.24, 2.45) is 5.92 Å². The Hall–Kier alpha value is -1.51. The molecule has 1 N–H and O–H groups in total. The molecule has 1 aliphatic heterocycles. The molecule has 0 saturated heterocycles. The summed E-state index contributed by atoms with van der Waals surface area (Å²) in [5, 5.41) is 4.77. The van der Waals surface area contributed by atoms with Crippen LogP contribution < -0.4 is 5.32 Å². The summed E-state index contributed by atoms with van der Waals surface area (Å²) in [5.74, 6) is 0.402. The number of hydrogen-bond acceptors (Lipinski definition) is 1. The topological polar surface area (TPSA) is 12.0 Å². The SMILES string of the molecule is Fc1cccc([C@@H]2Nc3c(Cl)cc(Cl)cc3[C@@H]3C=CC[C@@H]32)c1. The second-order valence-electron chi connectivity index (χ2n) is 5.88. The van der Waals surface area contributed by atoms with Gasteiger partial charge in [0.2, 0.25) is 0 Å². The molecule has 1 aliphatic carbocycles. The Morgan fingerprint density at radius 1 is 1.14 bits per heavy atom. The molecule has 3 atom stereocenters. The minimum atomic E-state index is -0.213. The molecule has 4 rings (SSSR count). The summed E-state index contributed by atoms with van der Waals surface area (Å²) in [7, 11) is 0. The standard InChI is InChI=1S/C18H14Cl2FN/c19-11-8-15-13-5-2-6-14(13)17(22-18(15)16(20)9-11)10-3-1-4-12(21)7-10/h1-5,7-9,13-14,17,22H,6H2/t13-,14+,17+/m1/s1. The number of hydrogen-bond donors (Lipinski definition) is 1. The Balaban J connectivity index is 1.84. The van der Waals surface area contributed by atoms with Crippen molar-refractivity contribution in [1.29, 1.82) is 0 Å². The molecule has 0 saturated carbocycles. The lowest BCUT2D eigenvalue weighted by atomic mass is 9.77. The smallest absolute Gasteiger partial charge is 0.123 e. The minimum absolute atomic E-state index is 0.0434. The van der Waals surface area contributed by atoms with E-state index in [-0.39, 0.29) is 17.8 Å². The van der Waals surface area contributed by atoms with Gasteiger partial charge in [-0.15, -0.1) is 0 Å². The zero-order valence-corrected chi connectivity index (χ0v) is 13.2. The van der Waals surface area contributed by atoms with Gasteiger partial charge in [-0.1, -0.05) is 47.5 Å². The van der Waals surface area contributed by atoms with Gasteiger partial charge in [0, 0.05) is 10.9 Å². The van der Waals surface area contributed by atoms with Gasteiger partial charge in [-0.05, 0) is 47.7 Å². The van der Waals surface area contributed by atoms with E-state index in [4.69, 9.17) is 23.2 Å². The lowest BCUT2D eigenvalue weighted by Gasteiger charge is -2.38. The van der Waals surface area contributed by atoms with Crippen LogP contribution in [0.15, 0.2) is 48.6 Å². The molecule has 22 heavy (non-hydrogen) atoms. The van der Waals surface area contributed by atoms with Crippen LogP contribution in [0.5, 0.6) is 0 Å². The van der Waals surface area contributed by atoms with Crippen molar-refractivity contribution >= 4 is 28.9 Å². The van der Waals surface area contributed by atoms with Crippen molar-refractivity contribution in [2.75, 3.05) is 5.32 Å². The fourth-order valence-corrected chi connectivity index (χ4v) is 4.21. The van der Waals surface area contributed by atoms with Gasteiger partial charge in [-0.2, -0.15) is 0 Å². The van der Waals surface area contributed by atoms with Gasteiger partial charge >= 0.3 is 0 Å². The monoisotopic (exact) mass is 333 g/mol. The lowest BCUT2D eigenvalue weighted by Crippen LogP contribution is -2.29. The highest BCUT2D eigenvalue weighted by Gasteiger charge is 2.38. The van der Waals surface area contributed by atoms with Crippen LogP contribution in [0.25, 0.3) is 0 Å². The third kappa shape index (κ3) is 2.22. The van der Waals surface area contributed by atoms with Crippen LogP contribution in [0.2, 0.25) is 10.0 Å². The zero-order chi connectivity index (χ0) is 15.3. The summed E-state index contributed by atoms with van der Waals surface area (Å²) in [5.41, 5.74) is 2.99. The highest BCUT2D eigenvalue weighted by atomic mass is 35.5. The van der Waals surface area contributed by atoms with E-state index in [0.717, 1.165) is 23.2 Å². The van der Waals surface area contributed by atoms with E-state index in [9.17, 15) is 4.39 Å². The molecule has 112 valence electrons. The number of halogens is 3. The number of anilines is 1. The van der Waals surface area contributed by atoms with Crippen molar-refractivity contribution in [2.45, 2.75) is 18.4 Å². The Morgan fingerprint density at radius 3 is 2.82 bits per heavy atom. The zero-order valence-electron chi connectivity index (χ0n) is 11.7. The molecule has 0 unspecified atom stereocenters. The molecule has 0 amide bonds. The normalized spacial score (nSPS) is 25.5. The maximum Gasteiger partial charge on any atom is 0.123 e. The molecule has 0 aromatic heterocycles. The number of benzene rings is 2. The van der Waals surface area contributed by atoms with Crippen molar-refractivity contribution in [3.63, 3.8) is 0 Å². The van der Waals surface area contributed by atoms with Gasteiger partial charge in [0.15, 0.2) is 0 Å². The van der Waals surface area contributed by atoms with Crippen LogP contribution in [0.4, 0.5) is 10.1 Å². The average Bonchev–Trinajstić information content (AvgIpc) is 2.96. The molecule has 2 aromatic rings. The van der Waals surface area contributed by atoms with E-state index < -0.39 is 0 Å². The van der Waals surface area contributed by atoms with E-state index in [2.05, 4.69) is 17.5 Å². The van der Waals surface area contributed by atoms with Gasteiger partial charge in [0.25, 0.3) is 0 Å². The van der Waals surface area contributed by atoms with Crippen LogP contribution in [0, 0.1) is 11.7 Å². The first-order chi connectivity index (χ1) is 10.6. The van der Waals surface area contributed by atoms with Gasteiger partial charge in [-0.3, -0.25) is 0 Å². The molecule has 2 aromatic carbocycles. The van der Waals surface area contributed by atoms with E-state index in [1.54, 1.807) is 18.2 Å². The average molecular weight is 334 g/mol. The second kappa shape index (κ2) is 5.29. The number of rotatable bonds is 1. The van der Waals surface area contributed by atoms with Crippen LogP contribution in [0.3, 0.4) is 0 Å². The molecule has 0 bridgehead atoms. The Kier molecular flexibility index (Phi) is 3.39. The predicted molar refractivity (Wildman–Crippen MR) is 89.2 cm³/mol. The predicted octanol–water partition coefficient (Wildman–Crippen LogP) is 5.96. The summed E-state index contributed by atoms with van der Waals surface area (Å²) in [6.45, 7) is 0. The van der Waals surface area contributed by atoms with Gasteiger partial charge in [0.1, 0.15) is 5.82 Å². The van der Waals surface area contributed by atoms with E-state index in [1.807, 2.05) is 12.1 Å². The molecule has 0 spiro atoms. The molecule has 0 fully saturated rings. The Bertz CT molecular complexity index is 772. The first-order valence-corrected chi connectivity index (χ1v) is 8.06. The summed E-state index contributed by atoms with van der Waals surface area (Å²) < 4.78 is 13.6. The Labute approximate surface area is 138 Å². The number of fused-ring (bicyclic) bond motifs is 3. The summed E-state index contributed by atoms with van der Waals surface area (Å²) in [6, 6.07) is 10.6. The summed E-state index contributed by atoms with van der Waals surface area (Å²) in [6.07, 6.45) is 5.36. The van der Waals surface area contributed by atoms with Gasteiger partial charge < -0.3 is 5.32 Å². The molecule has 4 heteroatoms. The van der Waals surface area contributed by atoms with Crippen LogP contribution in [-0.2, 0) is 0 Å².